The Kier molecular flexibility index (Phi) is 11.0. The summed E-state index contributed by atoms with van der Waals surface area (Å²) in [6.07, 6.45) is 0. The zero-order valence-electron chi connectivity index (χ0n) is 45.8. The summed E-state index contributed by atoms with van der Waals surface area (Å²) in [5, 5.41) is 3.86. The first-order valence-electron chi connectivity index (χ1n) is 28.8. The van der Waals surface area contributed by atoms with Crippen LogP contribution in [0.1, 0.15) is 44.5 Å². The van der Waals surface area contributed by atoms with Crippen LogP contribution in [0.15, 0.2) is 291 Å². The molecule has 2 aliphatic rings. The first-order chi connectivity index (χ1) is 41.9. The van der Waals surface area contributed by atoms with Crippen LogP contribution in [-0.2, 0) is 10.8 Å². The van der Waals surface area contributed by atoms with Crippen LogP contribution < -0.4 is 0 Å². The molecule has 15 aromatic rings. The summed E-state index contributed by atoms with van der Waals surface area (Å²) in [6, 6.07) is 102. The van der Waals surface area contributed by atoms with Gasteiger partial charge < -0.3 is 0 Å². The summed E-state index contributed by atoms with van der Waals surface area (Å²) in [4.78, 5) is 14.0. The Balaban J connectivity index is 0.975. The van der Waals surface area contributed by atoms with E-state index in [1.54, 1.807) is 11.3 Å². The van der Waals surface area contributed by atoms with Crippen molar-refractivity contribution in [1.29, 1.82) is 0 Å². The third-order valence-corrected chi connectivity index (χ3v) is 19.4. The maximum atomic E-state index is 14.4. The SMILES string of the molecule is Fc1ccc(-c2ccc3c(c2)c2cc(-c4ccc(F)cc4)ccc2c2nc4c(-c5ccc6c(c5)C(c5ccccc5)(c5ccccc5)c5ccccc5-6)sc(-c5ccc6c(c5)C(c5ccccc5)(c5ccccc5)c5ccccc5-6)c4nc32)cc1. The number of fused-ring (bicyclic) bond motifs is 13. The van der Waals surface area contributed by atoms with Crippen LogP contribution in [0, 0.1) is 11.6 Å². The largest absolute Gasteiger partial charge is 0.242 e. The first kappa shape index (κ1) is 49.2. The molecule has 0 radical (unpaired) electrons. The molecule has 0 spiro atoms. The maximum absolute atomic E-state index is 14.4. The van der Waals surface area contributed by atoms with Crippen LogP contribution >= 0.6 is 11.3 Å². The van der Waals surface area contributed by atoms with Crippen molar-refractivity contribution in [1.82, 2.24) is 9.97 Å². The van der Waals surface area contributed by atoms with Gasteiger partial charge >= 0.3 is 0 Å². The fourth-order valence-corrected chi connectivity index (χ4v) is 15.7. The van der Waals surface area contributed by atoms with Crippen molar-refractivity contribution in [2.24, 2.45) is 0 Å². The summed E-state index contributed by atoms with van der Waals surface area (Å²) in [7, 11) is 0. The molecule has 13 aromatic carbocycles. The molecular formula is C80H48F2N2S. The van der Waals surface area contributed by atoms with Gasteiger partial charge in [0.2, 0.25) is 0 Å². The molecule has 2 aromatic heterocycles. The van der Waals surface area contributed by atoms with E-state index >= 15 is 0 Å². The van der Waals surface area contributed by atoms with Gasteiger partial charge in [-0.25, -0.2) is 18.7 Å². The minimum Gasteiger partial charge on any atom is -0.242 e. The van der Waals surface area contributed by atoms with Gasteiger partial charge in [0, 0.05) is 10.8 Å². The van der Waals surface area contributed by atoms with Gasteiger partial charge in [-0.1, -0.05) is 243 Å². The summed E-state index contributed by atoms with van der Waals surface area (Å²) < 4.78 is 28.9. The Labute approximate surface area is 494 Å². The molecule has 2 aliphatic carbocycles. The normalized spacial score (nSPS) is 13.5. The number of thiophene rings is 1. The zero-order valence-corrected chi connectivity index (χ0v) is 46.6. The first-order valence-corrected chi connectivity index (χ1v) is 29.6. The molecule has 0 amide bonds. The second kappa shape index (κ2) is 19.0. The fourth-order valence-electron chi connectivity index (χ4n) is 14.5. The Hall–Kier alpha value is -10.5. The quantitative estimate of drug-likeness (QED) is 0.142. The highest BCUT2D eigenvalue weighted by atomic mass is 32.1. The zero-order chi connectivity index (χ0) is 56.4. The fraction of sp³-hybridized carbons (Fsp3) is 0.0250. The van der Waals surface area contributed by atoms with Gasteiger partial charge in [-0.2, -0.15) is 0 Å². The van der Waals surface area contributed by atoms with Gasteiger partial charge in [-0.15, -0.1) is 11.3 Å². The van der Waals surface area contributed by atoms with Crippen LogP contribution in [0.2, 0.25) is 0 Å². The Morgan fingerprint density at radius 2 is 0.565 bits per heavy atom. The van der Waals surface area contributed by atoms with Crippen molar-refractivity contribution < 1.29 is 8.78 Å². The molecule has 17 rings (SSSR count). The van der Waals surface area contributed by atoms with E-state index < -0.39 is 10.8 Å². The highest BCUT2D eigenvalue weighted by Crippen LogP contribution is 2.60. The predicted octanol–water partition coefficient (Wildman–Crippen LogP) is 20.8. The van der Waals surface area contributed by atoms with E-state index in [0.29, 0.717) is 0 Å². The molecule has 0 fully saturated rings. The molecule has 2 heterocycles. The lowest BCUT2D eigenvalue weighted by Gasteiger charge is -2.34. The maximum Gasteiger partial charge on any atom is 0.123 e. The van der Waals surface area contributed by atoms with Crippen molar-refractivity contribution in [3.05, 3.63) is 347 Å². The van der Waals surface area contributed by atoms with E-state index in [4.69, 9.17) is 9.97 Å². The third-order valence-electron chi connectivity index (χ3n) is 18.2. The Morgan fingerprint density at radius 3 is 0.941 bits per heavy atom. The van der Waals surface area contributed by atoms with E-state index in [1.165, 1.54) is 91.0 Å². The highest BCUT2D eigenvalue weighted by molar-refractivity contribution is 7.20. The number of rotatable bonds is 8. The van der Waals surface area contributed by atoms with Crippen molar-refractivity contribution in [2.75, 3.05) is 0 Å². The monoisotopic (exact) mass is 1110 g/mol. The number of halogens is 2. The standard InChI is InChI=1S/C80H48F2N2S/c81-59-37-29-49(30-38-59)51-33-43-65-67(45-51)68-46-52(50-31-39-60(82)40-32-50)34-44-66(68)74-73(65)83-75-76(84-74)78(54-36-42-64-62-26-14-16-28-70(62)80(72(64)48-54,57-21-9-3-10-22-57)58-23-11-4-12-24-58)85-77(75)53-35-41-63-61-25-13-15-27-69(61)79(71(63)47-53,55-17-5-1-6-18-55)56-19-7-2-8-20-56/h1-48H. The van der Waals surface area contributed by atoms with E-state index in [0.717, 1.165) is 86.7 Å². The number of aromatic nitrogens is 2. The number of nitrogens with zero attached hydrogens (tertiary/aromatic N) is 2. The second-order valence-electron chi connectivity index (χ2n) is 22.5. The van der Waals surface area contributed by atoms with Crippen LogP contribution in [0.3, 0.4) is 0 Å². The van der Waals surface area contributed by atoms with Crippen LogP contribution in [0.5, 0.6) is 0 Å². The van der Waals surface area contributed by atoms with Crippen LogP contribution in [0.4, 0.5) is 8.78 Å². The molecule has 0 bridgehead atoms. The van der Waals surface area contributed by atoms with Crippen LogP contribution in [-0.4, -0.2) is 9.97 Å². The van der Waals surface area contributed by atoms with Gasteiger partial charge in [0.05, 0.1) is 31.6 Å². The molecule has 5 heteroatoms. The number of hydrogen-bond acceptors (Lipinski definition) is 3. The van der Waals surface area contributed by atoms with E-state index in [9.17, 15) is 8.78 Å². The van der Waals surface area contributed by atoms with Gasteiger partial charge in [-0.3, -0.25) is 0 Å². The highest BCUT2D eigenvalue weighted by Gasteiger charge is 2.48. The van der Waals surface area contributed by atoms with Gasteiger partial charge in [0.1, 0.15) is 22.7 Å². The average Bonchev–Trinajstić information content (AvgIpc) is 1.65. The summed E-state index contributed by atoms with van der Waals surface area (Å²) >= 11 is 1.76. The molecule has 0 aliphatic heterocycles. The van der Waals surface area contributed by atoms with Crippen LogP contribution in [0.25, 0.3) is 109 Å². The van der Waals surface area contributed by atoms with Crippen molar-refractivity contribution in [3.63, 3.8) is 0 Å². The molecular weight excluding hydrogens is 1060 g/mol. The molecule has 0 N–H and O–H groups in total. The Morgan fingerprint density at radius 1 is 0.247 bits per heavy atom. The number of hydrogen-bond donors (Lipinski definition) is 0. The molecule has 2 nitrogen and oxygen atoms in total. The molecule has 0 unspecified atom stereocenters. The minimum atomic E-state index is -0.615. The lowest BCUT2D eigenvalue weighted by atomic mass is 9.67. The second-order valence-corrected chi connectivity index (χ2v) is 23.5. The topological polar surface area (TPSA) is 25.8 Å². The molecule has 0 saturated heterocycles. The van der Waals surface area contributed by atoms with E-state index in [-0.39, 0.29) is 11.6 Å². The third kappa shape index (κ3) is 7.27. The lowest BCUT2D eigenvalue weighted by molar-refractivity contribution is 0.627. The van der Waals surface area contributed by atoms with Gasteiger partial charge in [0.15, 0.2) is 0 Å². The molecule has 0 atom stereocenters. The predicted molar refractivity (Wildman–Crippen MR) is 346 cm³/mol. The van der Waals surface area contributed by atoms with Crippen molar-refractivity contribution in [2.45, 2.75) is 10.8 Å². The van der Waals surface area contributed by atoms with E-state index in [2.05, 4.69) is 243 Å². The van der Waals surface area contributed by atoms with E-state index in [1.807, 2.05) is 24.3 Å². The minimum absolute atomic E-state index is 0.287. The smallest absolute Gasteiger partial charge is 0.123 e. The molecule has 0 saturated carbocycles. The molecule has 85 heavy (non-hydrogen) atoms. The van der Waals surface area contributed by atoms with Crippen molar-refractivity contribution >= 4 is 54.9 Å². The molecule has 398 valence electrons. The summed E-state index contributed by atoms with van der Waals surface area (Å²) in [5.41, 5.74) is 22.4. The summed E-state index contributed by atoms with van der Waals surface area (Å²) in [6.45, 7) is 0. The Bertz CT molecular complexity index is 4770. The lowest BCUT2D eigenvalue weighted by Crippen LogP contribution is -2.28. The van der Waals surface area contributed by atoms with Gasteiger partial charge in [0.25, 0.3) is 0 Å². The summed E-state index contributed by atoms with van der Waals surface area (Å²) in [5.74, 6) is -0.573. The van der Waals surface area contributed by atoms with Crippen molar-refractivity contribution in [3.8, 4) is 65.4 Å². The van der Waals surface area contributed by atoms with Gasteiger partial charge in [-0.05, 0) is 159 Å². The number of benzene rings is 13. The average molecular weight is 1110 g/mol.